The first-order chi connectivity index (χ1) is 13.8. The second-order valence-electron chi connectivity index (χ2n) is 7.90. The number of carbonyl (C=O) groups is 3. The van der Waals surface area contributed by atoms with E-state index in [1.807, 2.05) is 27.7 Å². The number of hydrogen-bond donors (Lipinski definition) is 1. The van der Waals surface area contributed by atoms with Crippen LogP contribution in [0.3, 0.4) is 0 Å². The third kappa shape index (κ3) is 4.36. The van der Waals surface area contributed by atoms with Gasteiger partial charge in [0.2, 0.25) is 17.7 Å². The highest BCUT2D eigenvalue weighted by Gasteiger charge is 2.42. The minimum atomic E-state index is -0.865. The molecule has 2 heterocycles. The molecule has 8 heteroatoms. The Balaban J connectivity index is 1.69. The van der Waals surface area contributed by atoms with E-state index in [-0.39, 0.29) is 24.3 Å². The van der Waals surface area contributed by atoms with E-state index in [1.54, 1.807) is 24.3 Å². The molecule has 1 aromatic carbocycles. The van der Waals surface area contributed by atoms with Crippen LogP contribution < -0.4 is 5.32 Å². The quantitative estimate of drug-likeness (QED) is 0.685. The summed E-state index contributed by atoms with van der Waals surface area (Å²) in [5.74, 6) is 0.0337. The predicted molar refractivity (Wildman–Crippen MR) is 105 cm³/mol. The molecule has 0 bridgehead atoms. The number of aromatic nitrogens is 2. The fraction of sp³-hybridized carbons (Fsp3) is 0.476. The summed E-state index contributed by atoms with van der Waals surface area (Å²) in [5, 5.41) is 10.7. The van der Waals surface area contributed by atoms with Gasteiger partial charge in [0.05, 0.1) is 11.1 Å². The van der Waals surface area contributed by atoms with E-state index in [2.05, 4.69) is 15.5 Å². The molecular formula is C21H26N4O4. The van der Waals surface area contributed by atoms with Crippen molar-refractivity contribution in [1.29, 1.82) is 0 Å². The van der Waals surface area contributed by atoms with Crippen LogP contribution in [0, 0.1) is 5.92 Å². The van der Waals surface area contributed by atoms with E-state index >= 15 is 0 Å². The lowest BCUT2D eigenvalue weighted by atomic mass is 10.0. The molecule has 3 rings (SSSR count). The summed E-state index contributed by atoms with van der Waals surface area (Å²) in [6.07, 6.45) is 0.761. The third-order valence-corrected chi connectivity index (χ3v) is 4.75. The van der Waals surface area contributed by atoms with Crippen molar-refractivity contribution in [2.75, 3.05) is 6.54 Å². The summed E-state index contributed by atoms with van der Waals surface area (Å²) in [5.41, 5.74) is 0.678. The molecule has 1 N–H and O–H groups in total. The molecule has 3 amide bonds. The maximum Gasteiger partial charge on any atom is 0.262 e. The van der Waals surface area contributed by atoms with Crippen molar-refractivity contribution < 1.29 is 18.8 Å². The van der Waals surface area contributed by atoms with Crippen LogP contribution in [0.4, 0.5) is 0 Å². The van der Waals surface area contributed by atoms with Gasteiger partial charge in [-0.05, 0) is 24.5 Å². The van der Waals surface area contributed by atoms with Crippen LogP contribution in [-0.2, 0) is 11.2 Å². The molecule has 2 aromatic rings. The molecule has 0 aliphatic carbocycles. The average molecular weight is 398 g/mol. The Bertz CT molecular complexity index is 884. The van der Waals surface area contributed by atoms with Gasteiger partial charge in [0, 0.05) is 18.9 Å². The zero-order valence-corrected chi connectivity index (χ0v) is 17.1. The number of imide groups is 1. The second kappa shape index (κ2) is 8.55. The Morgan fingerprint density at radius 2 is 1.69 bits per heavy atom. The number of nitrogens with one attached hydrogen (secondary N) is 1. The lowest BCUT2D eigenvalue weighted by Crippen LogP contribution is -2.50. The van der Waals surface area contributed by atoms with Crippen LogP contribution in [0.2, 0.25) is 0 Å². The van der Waals surface area contributed by atoms with Crippen LogP contribution in [0.1, 0.15) is 72.5 Å². The van der Waals surface area contributed by atoms with Gasteiger partial charge in [-0.3, -0.25) is 19.3 Å². The number of benzene rings is 1. The molecule has 0 saturated heterocycles. The normalized spacial score (nSPS) is 14.6. The van der Waals surface area contributed by atoms with Crippen molar-refractivity contribution in [3.05, 3.63) is 47.2 Å². The van der Waals surface area contributed by atoms with Crippen molar-refractivity contribution in [1.82, 2.24) is 20.4 Å². The highest BCUT2D eigenvalue weighted by molar-refractivity contribution is 6.22. The lowest BCUT2D eigenvalue weighted by Gasteiger charge is -2.26. The summed E-state index contributed by atoms with van der Waals surface area (Å²) >= 11 is 0. The largest absolute Gasteiger partial charge is 0.425 e. The van der Waals surface area contributed by atoms with Crippen LogP contribution >= 0.6 is 0 Å². The second-order valence-corrected chi connectivity index (χ2v) is 7.90. The van der Waals surface area contributed by atoms with Gasteiger partial charge < -0.3 is 9.73 Å². The first kappa shape index (κ1) is 20.7. The standard InChI is InChI=1S/C21H26N4O4/c1-12(2)11-16(25-20(27)14-7-5-6-8-15(14)21(25)28)18(26)22-10-9-17-23-24-19(29-17)13(3)4/h5-8,12-13,16H,9-11H2,1-4H3,(H,22,26). The van der Waals surface area contributed by atoms with Crippen LogP contribution in [-0.4, -0.2) is 45.4 Å². The number of amides is 3. The Morgan fingerprint density at radius 1 is 1.07 bits per heavy atom. The molecule has 0 radical (unpaired) electrons. The minimum Gasteiger partial charge on any atom is -0.425 e. The Morgan fingerprint density at radius 3 is 2.21 bits per heavy atom. The minimum absolute atomic E-state index is 0.125. The highest BCUT2D eigenvalue weighted by atomic mass is 16.4. The number of nitrogens with zero attached hydrogens (tertiary/aromatic N) is 3. The first-order valence-corrected chi connectivity index (χ1v) is 9.86. The van der Waals surface area contributed by atoms with Gasteiger partial charge in [-0.2, -0.15) is 0 Å². The third-order valence-electron chi connectivity index (χ3n) is 4.75. The molecule has 8 nitrogen and oxygen atoms in total. The Kier molecular flexibility index (Phi) is 6.10. The summed E-state index contributed by atoms with van der Waals surface area (Å²) in [4.78, 5) is 39.6. The van der Waals surface area contributed by atoms with Crippen LogP contribution in [0.15, 0.2) is 28.7 Å². The Hall–Kier alpha value is -3.03. The van der Waals surface area contributed by atoms with Gasteiger partial charge >= 0.3 is 0 Å². The van der Waals surface area contributed by atoms with Crippen molar-refractivity contribution >= 4 is 17.7 Å². The van der Waals surface area contributed by atoms with Gasteiger partial charge in [0.25, 0.3) is 11.8 Å². The Labute approximate surface area is 169 Å². The summed E-state index contributed by atoms with van der Waals surface area (Å²) in [7, 11) is 0. The van der Waals surface area contributed by atoms with Crippen molar-refractivity contribution in [2.45, 2.75) is 52.5 Å². The maximum absolute atomic E-state index is 12.9. The number of hydrogen-bond acceptors (Lipinski definition) is 6. The predicted octanol–water partition coefficient (Wildman–Crippen LogP) is 2.56. The molecule has 0 spiro atoms. The molecule has 1 unspecified atom stereocenters. The number of rotatable bonds is 8. The fourth-order valence-corrected chi connectivity index (χ4v) is 3.28. The highest BCUT2D eigenvalue weighted by Crippen LogP contribution is 2.27. The van der Waals surface area contributed by atoms with E-state index in [4.69, 9.17) is 4.42 Å². The van der Waals surface area contributed by atoms with Crippen LogP contribution in [0.25, 0.3) is 0 Å². The lowest BCUT2D eigenvalue weighted by molar-refractivity contribution is -0.125. The monoisotopic (exact) mass is 398 g/mol. The average Bonchev–Trinajstić information content (AvgIpc) is 3.24. The molecule has 0 saturated carbocycles. The molecule has 154 valence electrons. The summed E-state index contributed by atoms with van der Waals surface area (Å²) < 4.78 is 5.54. The van der Waals surface area contributed by atoms with Crippen LogP contribution in [0.5, 0.6) is 0 Å². The summed E-state index contributed by atoms with van der Waals surface area (Å²) in [6.45, 7) is 8.08. The van der Waals surface area contributed by atoms with E-state index in [1.165, 1.54) is 0 Å². The smallest absolute Gasteiger partial charge is 0.262 e. The van der Waals surface area contributed by atoms with Gasteiger partial charge in [-0.1, -0.05) is 39.8 Å². The van der Waals surface area contributed by atoms with Gasteiger partial charge in [0.1, 0.15) is 6.04 Å². The van der Waals surface area contributed by atoms with E-state index < -0.39 is 17.9 Å². The fourth-order valence-electron chi connectivity index (χ4n) is 3.28. The first-order valence-electron chi connectivity index (χ1n) is 9.86. The van der Waals surface area contributed by atoms with E-state index in [9.17, 15) is 14.4 Å². The topological polar surface area (TPSA) is 105 Å². The molecule has 0 fully saturated rings. The van der Waals surface area contributed by atoms with Crippen molar-refractivity contribution in [3.63, 3.8) is 0 Å². The molecule has 1 aromatic heterocycles. The molecule has 1 atom stereocenters. The SMILES string of the molecule is CC(C)CC(C(=O)NCCc1nnc(C(C)C)o1)N1C(=O)c2ccccc2C1=O. The number of carbonyl (C=O) groups excluding carboxylic acids is 3. The van der Waals surface area contributed by atoms with Crippen molar-refractivity contribution in [2.24, 2.45) is 5.92 Å². The van der Waals surface area contributed by atoms with E-state index in [0.29, 0.717) is 35.7 Å². The summed E-state index contributed by atoms with van der Waals surface area (Å²) in [6, 6.07) is 5.78. The van der Waals surface area contributed by atoms with Gasteiger partial charge in [-0.15, -0.1) is 10.2 Å². The molecule has 29 heavy (non-hydrogen) atoms. The molecular weight excluding hydrogens is 372 g/mol. The molecule has 1 aliphatic heterocycles. The zero-order valence-electron chi connectivity index (χ0n) is 17.1. The number of fused-ring (bicyclic) bond motifs is 1. The van der Waals surface area contributed by atoms with Gasteiger partial charge in [-0.25, -0.2) is 0 Å². The zero-order chi connectivity index (χ0) is 21.1. The van der Waals surface area contributed by atoms with Crippen molar-refractivity contribution in [3.8, 4) is 0 Å². The van der Waals surface area contributed by atoms with E-state index in [0.717, 1.165) is 4.90 Å². The molecule has 1 aliphatic rings. The van der Waals surface area contributed by atoms with Gasteiger partial charge in [0.15, 0.2) is 0 Å². The maximum atomic E-state index is 12.9.